The molecule has 5 heteroatoms. The van der Waals surface area contributed by atoms with E-state index in [9.17, 15) is 10.4 Å². The minimum absolute atomic E-state index is 0.248. The predicted octanol–water partition coefficient (Wildman–Crippen LogP) is 5.48. The van der Waals surface area contributed by atoms with Crippen molar-refractivity contribution in [3.05, 3.63) is 107 Å². The second kappa shape index (κ2) is 7.35. The molecule has 1 saturated heterocycles. The highest BCUT2D eigenvalue weighted by Crippen LogP contribution is 2.51. The fourth-order valence-corrected chi connectivity index (χ4v) is 5.19. The van der Waals surface area contributed by atoms with Crippen molar-refractivity contribution in [2.75, 3.05) is 0 Å². The Kier molecular flexibility index (Phi) is 4.65. The quantitative estimate of drug-likeness (QED) is 0.452. The Hall–Kier alpha value is -3.01. The average Bonchev–Trinajstić information content (AvgIpc) is 3.26. The lowest BCUT2D eigenvalue weighted by molar-refractivity contribution is -0.500. The van der Waals surface area contributed by atoms with Crippen molar-refractivity contribution in [2.24, 2.45) is 5.92 Å². The van der Waals surface area contributed by atoms with Crippen LogP contribution in [0.25, 0.3) is 10.1 Å². The number of aliphatic hydroxyl groups is 1. The van der Waals surface area contributed by atoms with E-state index in [0.717, 1.165) is 21.2 Å². The van der Waals surface area contributed by atoms with Gasteiger partial charge in [-0.25, -0.2) is 4.89 Å². The maximum Gasteiger partial charge on any atom is 0.242 e. The van der Waals surface area contributed by atoms with Crippen molar-refractivity contribution in [2.45, 2.75) is 17.8 Å². The molecule has 1 aliphatic rings. The van der Waals surface area contributed by atoms with Gasteiger partial charge in [0, 0.05) is 27.5 Å². The molecule has 0 saturated carbocycles. The molecule has 1 aromatic heterocycles. The van der Waals surface area contributed by atoms with Crippen molar-refractivity contribution in [3.63, 3.8) is 0 Å². The third-order valence-electron chi connectivity index (χ3n) is 5.78. The summed E-state index contributed by atoms with van der Waals surface area (Å²) in [6, 6.07) is 29.4. The van der Waals surface area contributed by atoms with Gasteiger partial charge in [-0.2, -0.15) is 10.1 Å². The van der Waals surface area contributed by atoms with Crippen LogP contribution in [0.2, 0.25) is 0 Å². The Morgan fingerprint density at radius 3 is 2.10 bits per heavy atom. The van der Waals surface area contributed by atoms with Gasteiger partial charge in [0.25, 0.3) is 0 Å². The van der Waals surface area contributed by atoms with Gasteiger partial charge in [0.1, 0.15) is 5.92 Å². The molecule has 0 amide bonds. The smallest absolute Gasteiger partial charge is 0.242 e. The van der Waals surface area contributed by atoms with E-state index in [1.807, 2.05) is 90.3 Å². The zero-order chi connectivity index (χ0) is 20.6. The van der Waals surface area contributed by atoms with E-state index in [4.69, 9.17) is 9.78 Å². The molecule has 4 aromatic rings. The van der Waals surface area contributed by atoms with Gasteiger partial charge in [-0.1, -0.05) is 78.9 Å². The second-order valence-electron chi connectivity index (χ2n) is 7.45. The van der Waals surface area contributed by atoms with Crippen LogP contribution in [0.5, 0.6) is 0 Å². The summed E-state index contributed by atoms with van der Waals surface area (Å²) in [4.78, 5) is 11.8. The van der Waals surface area contributed by atoms with Gasteiger partial charge in [0.15, 0.2) is 5.60 Å². The van der Waals surface area contributed by atoms with E-state index in [-0.39, 0.29) is 6.42 Å². The van der Waals surface area contributed by atoms with E-state index in [0.29, 0.717) is 5.56 Å². The van der Waals surface area contributed by atoms with Crippen molar-refractivity contribution >= 4 is 21.4 Å². The molecule has 0 radical (unpaired) electrons. The molecule has 2 atom stereocenters. The molecule has 1 N–H and O–H groups in total. The van der Waals surface area contributed by atoms with Crippen molar-refractivity contribution in [3.8, 4) is 6.07 Å². The molecule has 1 aliphatic heterocycles. The number of hydrogen-bond acceptors (Lipinski definition) is 5. The molecule has 1 fully saturated rings. The molecule has 0 bridgehead atoms. The Morgan fingerprint density at radius 2 is 1.47 bits per heavy atom. The van der Waals surface area contributed by atoms with Gasteiger partial charge in [-0.15, -0.1) is 11.3 Å². The lowest BCUT2D eigenvalue weighted by Crippen LogP contribution is -2.50. The SMILES string of the molecule is N#CC1CC(c2ccccc2)(c2ccccc2)OOC1(O)c1csc2ccccc12. The van der Waals surface area contributed by atoms with Gasteiger partial charge in [-0.3, -0.25) is 0 Å². The standard InChI is InChI=1S/C25H19NO3S/c26-16-20-15-24(18-9-3-1-4-10-18,19-11-5-2-6-12-19)28-29-25(20,27)22-17-30-23-14-8-7-13-21(22)23/h1-14,17,20,27H,15H2. The summed E-state index contributed by atoms with van der Waals surface area (Å²) in [5, 5.41) is 24.3. The average molecular weight is 413 g/mol. The van der Waals surface area contributed by atoms with Crippen LogP contribution in [0.1, 0.15) is 23.1 Å². The zero-order valence-corrected chi connectivity index (χ0v) is 16.9. The maximum atomic E-state index is 11.6. The minimum atomic E-state index is -1.86. The molecule has 30 heavy (non-hydrogen) atoms. The Morgan fingerprint density at radius 1 is 0.867 bits per heavy atom. The summed E-state index contributed by atoms with van der Waals surface area (Å²) >= 11 is 1.51. The summed E-state index contributed by atoms with van der Waals surface area (Å²) in [6.45, 7) is 0. The first-order valence-electron chi connectivity index (χ1n) is 9.74. The first-order valence-corrected chi connectivity index (χ1v) is 10.6. The third kappa shape index (κ3) is 2.85. The van der Waals surface area contributed by atoms with Crippen LogP contribution in [0, 0.1) is 17.2 Å². The van der Waals surface area contributed by atoms with Crippen LogP contribution in [0.3, 0.4) is 0 Å². The second-order valence-corrected chi connectivity index (χ2v) is 8.36. The monoisotopic (exact) mass is 413 g/mol. The van der Waals surface area contributed by atoms with Crippen LogP contribution < -0.4 is 0 Å². The van der Waals surface area contributed by atoms with E-state index in [2.05, 4.69) is 6.07 Å². The van der Waals surface area contributed by atoms with Crippen molar-refractivity contribution in [1.29, 1.82) is 5.26 Å². The summed E-state index contributed by atoms with van der Waals surface area (Å²) in [6.07, 6.45) is 0.248. The first kappa shape index (κ1) is 19.0. The van der Waals surface area contributed by atoms with Crippen LogP contribution >= 0.6 is 11.3 Å². The molecule has 148 valence electrons. The number of nitriles is 1. The van der Waals surface area contributed by atoms with Gasteiger partial charge >= 0.3 is 0 Å². The van der Waals surface area contributed by atoms with E-state index in [1.54, 1.807) is 0 Å². The van der Waals surface area contributed by atoms with E-state index >= 15 is 0 Å². The molecule has 5 rings (SSSR count). The van der Waals surface area contributed by atoms with Crippen LogP contribution in [0.15, 0.2) is 90.3 Å². The van der Waals surface area contributed by atoms with Crippen molar-refractivity contribution in [1.82, 2.24) is 0 Å². The first-order chi connectivity index (χ1) is 14.7. The summed E-state index contributed by atoms with van der Waals surface area (Å²) in [5.41, 5.74) is 1.30. The van der Waals surface area contributed by atoms with Gasteiger partial charge < -0.3 is 5.11 Å². The largest absolute Gasteiger partial charge is 0.359 e. The topological polar surface area (TPSA) is 62.5 Å². The molecule has 4 nitrogen and oxygen atoms in total. The fraction of sp³-hybridized carbons (Fsp3) is 0.160. The van der Waals surface area contributed by atoms with Gasteiger partial charge in [0.2, 0.25) is 5.79 Å². The number of fused-ring (bicyclic) bond motifs is 1. The van der Waals surface area contributed by atoms with Gasteiger partial charge in [0.05, 0.1) is 6.07 Å². The molecule has 0 spiro atoms. The highest BCUT2D eigenvalue weighted by Gasteiger charge is 2.55. The van der Waals surface area contributed by atoms with E-state index < -0.39 is 17.3 Å². The normalized spacial score (nSPS) is 23.1. The number of nitrogens with zero attached hydrogens (tertiary/aromatic N) is 1. The summed E-state index contributed by atoms with van der Waals surface area (Å²) < 4.78 is 1.02. The van der Waals surface area contributed by atoms with Crippen LogP contribution in [-0.2, 0) is 21.2 Å². The molecular formula is C25H19NO3S. The Labute approximate surface area is 178 Å². The maximum absolute atomic E-state index is 11.6. The third-order valence-corrected chi connectivity index (χ3v) is 6.74. The lowest BCUT2D eigenvalue weighted by Gasteiger charge is -2.45. The predicted molar refractivity (Wildman–Crippen MR) is 115 cm³/mol. The number of thiophene rings is 1. The number of hydrogen-bond donors (Lipinski definition) is 1. The summed E-state index contributed by atoms with van der Waals surface area (Å²) in [5.74, 6) is -2.70. The fourth-order valence-electron chi connectivity index (χ4n) is 4.19. The highest BCUT2D eigenvalue weighted by atomic mass is 32.1. The lowest BCUT2D eigenvalue weighted by atomic mass is 9.75. The molecule has 3 aromatic carbocycles. The van der Waals surface area contributed by atoms with Gasteiger partial charge in [-0.05, 0) is 17.2 Å². The number of benzene rings is 3. The Bertz CT molecular complexity index is 1180. The van der Waals surface area contributed by atoms with Crippen LogP contribution in [0.4, 0.5) is 0 Å². The Balaban J connectivity index is 1.63. The zero-order valence-electron chi connectivity index (χ0n) is 16.1. The van der Waals surface area contributed by atoms with Crippen molar-refractivity contribution < 1.29 is 14.9 Å². The molecule has 0 aliphatic carbocycles. The minimum Gasteiger partial charge on any atom is -0.359 e. The van der Waals surface area contributed by atoms with E-state index in [1.165, 1.54) is 11.3 Å². The molecule has 2 heterocycles. The molecular weight excluding hydrogens is 394 g/mol. The molecule has 2 unspecified atom stereocenters. The highest BCUT2D eigenvalue weighted by molar-refractivity contribution is 7.17. The summed E-state index contributed by atoms with van der Waals surface area (Å²) in [7, 11) is 0. The van der Waals surface area contributed by atoms with Crippen LogP contribution in [-0.4, -0.2) is 5.11 Å². The number of rotatable bonds is 3.